The van der Waals surface area contributed by atoms with Crippen molar-refractivity contribution in [2.45, 2.75) is 19.2 Å². The minimum atomic E-state index is -4.36. The summed E-state index contributed by atoms with van der Waals surface area (Å²) in [5.74, 6) is 0.207. The summed E-state index contributed by atoms with van der Waals surface area (Å²) in [5, 5.41) is 0. The molecular formula is C10H8F3O2. The van der Waals surface area contributed by atoms with E-state index in [0.29, 0.717) is 0 Å². The van der Waals surface area contributed by atoms with Crippen LogP contribution in [0.2, 0.25) is 0 Å². The second kappa shape index (κ2) is 4.33. The van der Waals surface area contributed by atoms with Crippen molar-refractivity contribution in [1.82, 2.24) is 0 Å². The van der Waals surface area contributed by atoms with E-state index in [4.69, 9.17) is 4.74 Å². The lowest BCUT2D eigenvalue weighted by Gasteiger charge is -2.10. The van der Waals surface area contributed by atoms with Crippen LogP contribution in [0.5, 0.6) is 5.75 Å². The van der Waals surface area contributed by atoms with Crippen molar-refractivity contribution in [2.24, 2.45) is 0 Å². The van der Waals surface area contributed by atoms with Crippen molar-refractivity contribution in [3.05, 3.63) is 29.8 Å². The molecule has 0 N–H and O–H groups in total. The zero-order valence-corrected chi connectivity index (χ0v) is 7.84. The lowest BCUT2D eigenvalue weighted by atomic mass is 10.2. The predicted molar refractivity (Wildman–Crippen MR) is 47.2 cm³/mol. The molecule has 0 aliphatic heterocycles. The van der Waals surface area contributed by atoms with Crippen LogP contribution < -0.4 is 4.74 Å². The molecule has 5 heteroatoms. The van der Waals surface area contributed by atoms with Crippen molar-refractivity contribution < 1.29 is 22.7 Å². The van der Waals surface area contributed by atoms with Crippen molar-refractivity contribution in [2.75, 3.05) is 0 Å². The monoisotopic (exact) mass is 217 g/mol. The Kier molecular flexibility index (Phi) is 3.34. The van der Waals surface area contributed by atoms with Gasteiger partial charge in [-0.1, -0.05) is 0 Å². The minimum absolute atomic E-state index is 0.207. The van der Waals surface area contributed by atoms with Crippen LogP contribution in [0.15, 0.2) is 24.3 Å². The van der Waals surface area contributed by atoms with Crippen LogP contribution in [0.25, 0.3) is 0 Å². The van der Waals surface area contributed by atoms with E-state index in [0.717, 1.165) is 24.3 Å². The van der Waals surface area contributed by atoms with Gasteiger partial charge in [0.2, 0.25) is 6.29 Å². The predicted octanol–water partition coefficient (Wildman–Crippen LogP) is 2.58. The third kappa shape index (κ3) is 3.27. The molecule has 2 nitrogen and oxygen atoms in total. The van der Waals surface area contributed by atoms with Crippen molar-refractivity contribution in [3.8, 4) is 5.75 Å². The SMILES string of the molecule is CC([C]=O)Oc1ccc(C(F)(F)F)cc1. The zero-order chi connectivity index (χ0) is 11.5. The van der Waals surface area contributed by atoms with Gasteiger partial charge < -0.3 is 4.74 Å². The molecule has 15 heavy (non-hydrogen) atoms. The highest BCUT2D eigenvalue weighted by atomic mass is 19.4. The number of ether oxygens (including phenoxy) is 1. The maximum atomic E-state index is 12.1. The lowest BCUT2D eigenvalue weighted by Crippen LogP contribution is -2.12. The van der Waals surface area contributed by atoms with E-state index >= 15 is 0 Å². The molecule has 1 unspecified atom stereocenters. The fourth-order valence-corrected chi connectivity index (χ4v) is 0.951. The quantitative estimate of drug-likeness (QED) is 0.777. The molecule has 1 atom stereocenters. The Morgan fingerprint density at radius 2 is 1.80 bits per heavy atom. The summed E-state index contributed by atoms with van der Waals surface area (Å²) in [5.41, 5.74) is -0.752. The highest BCUT2D eigenvalue weighted by Crippen LogP contribution is 2.30. The normalized spacial score (nSPS) is 13.3. The van der Waals surface area contributed by atoms with Gasteiger partial charge >= 0.3 is 6.18 Å². The average molecular weight is 217 g/mol. The van der Waals surface area contributed by atoms with E-state index in [2.05, 4.69) is 0 Å². The number of hydrogen-bond donors (Lipinski definition) is 0. The second-order valence-corrected chi connectivity index (χ2v) is 2.90. The molecule has 1 aromatic carbocycles. The van der Waals surface area contributed by atoms with Crippen LogP contribution in [-0.4, -0.2) is 12.4 Å². The summed E-state index contributed by atoms with van der Waals surface area (Å²) in [6, 6.07) is 4.12. The number of alkyl halides is 3. The summed E-state index contributed by atoms with van der Waals surface area (Å²) in [6.07, 6.45) is -3.59. The third-order valence-corrected chi connectivity index (χ3v) is 1.66. The molecular weight excluding hydrogens is 209 g/mol. The maximum Gasteiger partial charge on any atom is 0.416 e. The number of halogens is 3. The zero-order valence-electron chi connectivity index (χ0n) is 7.84. The molecule has 0 heterocycles. The molecule has 0 amide bonds. The lowest BCUT2D eigenvalue weighted by molar-refractivity contribution is -0.137. The first-order chi connectivity index (χ1) is 6.93. The van der Waals surface area contributed by atoms with Gasteiger partial charge in [-0.25, -0.2) is 0 Å². The Bertz CT molecular complexity index is 330. The fourth-order valence-electron chi connectivity index (χ4n) is 0.951. The minimum Gasteiger partial charge on any atom is -0.482 e. The third-order valence-electron chi connectivity index (χ3n) is 1.66. The Morgan fingerprint density at radius 1 is 1.27 bits per heavy atom. The molecule has 1 radical (unpaired) electrons. The Balaban J connectivity index is 2.77. The number of benzene rings is 1. The molecule has 81 valence electrons. The number of carbonyl (C=O) groups excluding carboxylic acids is 1. The van der Waals surface area contributed by atoms with E-state index in [1.807, 2.05) is 0 Å². The summed E-state index contributed by atoms with van der Waals surface area (Å²) >= 11 is 0. The van der Waals surface area contributed by atoms with Gasteiger partial charge in [-0.2, -0.15) is 13.2 Å². The second-order valence-electron chi connectivity index (χ2n) is 2.90. The summed E-state index contributed by atoms with van der Waals surface area (Å²) < 4.78 is 41.4. The molecule has 1 aromatic rings. The molecule has 0 bridgehead atoms. The summed E-state index contributed by atoms with van der Waals surface area (Å²) in [6.45, 7) is 1.45. The fraction of sp³-hybridized carbons (Fsp3) is 0.300. The van der Waals surface area contributed by atoms with Gasteiger partial charge in [-0.15, -0.1) is 0 Å². The molecule has 0 fully saturated rings. The molecule has 0 aliphatic rings. The van der Waals surface area contributed by atoms with Crippen LogP contribution in [0.4, 0.5) is 13.2 Å². The maximum absolute atomic E-state index is 12.1. The smallest absolute Gasteiger partial charge is 0.416 e. The standard InChI is InChI=1S/C10H8F3O2/c1-7(6-14)15-9-4-2-8(3-5-9)10(11,12)13/h2-5,7H,1H3. The van der Waals surface area contributed by atoms with Gasteiger partial charge in [0.05, 0.1) is 5.56 Å². The number of hydrogen-bond acceptors (Lipinski definition) is 2. The molecule has 0 aromatic heterocycles. The highest BCUT2D eigenvalue weighted by molar-refractivity contribution is 5.57. The summed E-state index contributed by atoms with van der Waals surface area (Å²) in [7, 11) is 0. The molecule has 0 spiro atoms. The van der Waals surface area contributed by atoms with Crippen LogP contribution >= 0.6 is 0 Å². The molecule has 0 saturated heterocycles. The van der Waals surface area contributed by atoms with Crippen LogP contribution in [0.1, 0.15) is 12.5 Å². The van der Waals surface area contributed by atoms with Gasteiger partial charge in [0.1, 0.15) is 5.75 Å². The first kappa shape index (κ1) is 11.6. The van der Waals surface area contributed by atoms with E-state index in [-0.39, 0.29) is 5.75 Å². The molecule has 1 rings (SSSR count). The topological polar surface area (TPSA) is 26.3 Å². The number of rotatable bonds is 3. The first-order valence-electron chi connectivity index (χ1n) is 4.15. The van der Waals surface area contributed by atoms with Gasteiger partial charge in [0.25, 0.3) is 0 Å². The molecule has 0 saturated carbocycles. The van der Waals surface area contributed by atoms with Gasteiger partial charge in [-0.3, -0.25) is 4.79 Å². The van der Waals surface area contributed by atoms with E-state index in [1.54, 1.807) is 6.29 Å². The van der Waals surface area contributed by atoms with Gasteiger partial charge in [0.15, 0.2) is 6.10 Å². The van der Waals surface area contributed by atoms with Crippen molar-refractivity contribution >= 4 is 6.29 Å². The average Bonchev–Trinajstić information content (AvgIpc) is 2.17. The van der Waals surface area contributed by atoms with E-state index in [1.165, 1.54) is 6.92 Å². The van der Waals surface area contributed by atoms with Crippen LogP contribution in [0.3, 0.4) is 0 Å². The first-order valence-corrected chi connectivity index (χ1v) is 4.15. The van der Waals surface area contributed by atoms with Crippen LogP contribution in [-0.2, 0) is 11.0 Å². The van der Waals surface area contributed by atoms with Gasteiger partial charge in [0, 0.05) is 0 Å². The van der Waals surface area contributed by atoms with Gasteiger partial charge in [-0.05, 0) is 31.2 Å². The highest BCUT2D eigenvalue weighted by Gasteiger charge is 2.30. The Labute approximate surface area is 84.7 Å². The Hall–Kier alpha value is -1.52. The largest absolute Gasteiger partial charge is 0.482 e. The van der Waals surface area contributed by atoms with E-state index < -0.39 is 17.8 Å². The van der Waals surface area contributed by atoms with E-state index in [9.17, 15) is 18.0 Å². The van der Waals surface area contributed by atoms with Crippen molar-refractivity contribution in [3.63, 3.8) is 0 Å². The van der Waals surface area contributed by atoms with Crippen LogP contribution in [0, 0.1) is 0 Å². The van der Waals surface area contributed by atoms with Crippen molar-refractivity contribution in [1.29, 1.82) is 0 Å². The Morgan fingerprint density at radius 3 is 2.20 bits per heavy atom. The molecule has 0 aliphatic carbocycles. The summed E-state index contributed by atoms with van der Waals surface area (Å²) in [4.78, 5) is 10.1.